The quantitative estimate of drug-likeness (QED) is 0.801. The van der Waals surface area contributed by atoms with E-state index in [-0.39, 0.29) is 21.3 Å². The van der Waals surface area contributed by atoms with E-state index in [0.717, 1.165) is 0 Å². The lowest BCUT2D eigenvalue weighted by molar-refractivity contribution is 0.102. The number of nitrogens with one attached hydrogen (secondary N) is 1. The maximum Gasteiger partial charge on any atom is 0.255 e. The molecule has 20 heavy (non-hydrogen) atoms. The van der Waals surface area contributed by atoms with Gasteiger partial charge in [-0.05, 0) is 24.3 Å². The Hall–Kier alpha value is -1.72. The van der Waals surface area contributed by atoms with Crippen LogP contribution in [-0.4, -0.2) is 5.91 Å². The molecular weight excluding hydrogens is 314 g/mol. The van der Waals surface area contributed by atoms with E-state index >= 15 is 0 Å². The fraction of sp³-hybridized carbons (Fsp3) is 0. The number of hydrogen-bond acceptors (Lipinski definition) is 1. The second-order valence-corrected chi connectivity index (χ2v) is 4.59. The lowest BCUT2D eigenvalue weighted by Crippen LogP contribution is -2.13. The van der Waals surface area contributed by atoms with Gasteiger partial charge in [0.1, 0.15) is 0 Å². The number of hydrogen-bond donors (Lipinski definition) is 1. The first kappa shape index (κ1) is 14.7. The van der Waals surface area contributed by atoms with Crippen molar-refractivity contribution < 1.29 is 18.0 Å². The molecule has 2 aromatic rings. The Morgan fingerprint density at radius 3 is 2.25 bits per heavy atom. The minimum Gasteiger partial charge on any atom is -0.321 e. The van der Waals surface area contributed by atoms with Gasteiger partial charge in [0.05, 0.1) is 15.7 Å². The van der Waals surface area contributed by atoms with Crippen molar-refractivity contribution in [1.82, 2.24) is 0 Å². The molecule has 2 aromatic carbocycles. The maximum absolute atomic E-state index is 13.0. The van der Waals surface area contributed by atoms with Gasteiger partial charge in [-0.2, -0.15) is 0 Å². The maximum atomic E-state index is 13.0. The summed E-state index contributed by atoms with van der Waals surface area (Å²) >= 11 is 11.6. The predicted octanol–water partition coefficient (Wildman–Crippen LogP) is 4.66. The number of amides is 1. The van der Waals surface area contributed by atoms with Crippen LogP contribution in [0, 0.1) is 17.5 Å². The normalized spacial score (nSPS) is 10.4. The van der Waals surface area contributed by atoms with Crippen LogP contribution in [0.1, 0.15) is 10.4 Å². The summed E-state index contributed by atoms with van der Waals surface area (Å²) in [5.41, 5.74) is -0.202. The molecule has 0 radical (unpaired) electrons. The molecule has 0 unspecified atom stereocenters. The Balaban J connectivity index is 2.31. The molecule has 0 atom stereocenters. The summed E-state index contributed by atoms with van der Waals surface area (Å²) in [5.74, 6) is -5.38. The molecule has 1 N–H and O–H groups in total. The summed E-state index contributed by atoms with van der Waals surface area (Å²) in [6.07, 6.45) is 0. The van der Waals surface area contributed by atoms with Crippen LogP contribution in [0.25, 0.3) is 0 Å². The van der Waals surface area contributed by atoms with Crippen LogP contribution >= 0.6 is 23.2 Å². The summed E-state index contributed by atoms with van der Waals surface area (Å²) in [6.45, 7) is 0. The standard InChI is InChI=1S/C13H6Cl2F3NO/c14-7-2-1-3-10(11(7)15)19-13(20)6-4-8(16)12(18)9(17)5-6/h1-5H,(H,19,20). The van der Waals surface area contributed by atoms with Gasteiger partial charge >= 0.3 is 0 Å². The first-order valence-electron chi connectivity index (χ1n) is 5.30. The SMILES string of the molecule is O=C(Nc1cccc(Cl)c1Cl)c1cc(F)c(F)c(F)c1. The Morgan fingerprint density at radius 1 is 1.05 bits per heavy atom. The van der Waals surface area contributed by atoms with E-state index in [2.05, 4.69) is 5.32 Å². The first-order chi connectivity index (χ1) is 9.40. The van der Waals surface area contributed by atoms with Crippen molar-refractivity contribution >= 4 is 34.8 Å². The zero-order chi connectivity index (χ0) is 14.9. The zero-order valence-electron chi connectivity index (χ0n) is 9.68. The van der Waals surface area contributed by atoms with Gasteiger partial charge in [-0.1, -0.05) is 29.3 Å². The number of carbonyl (C=O) groups is 1. The van der Waals surface area contributed by atoms with Crippen molar-refractivity contribution in [2.75, 3.05) is 5.32 Å². The molecule has 0 saturated carbocycles. The highest BCUT2D eigenvalue weighted by Gasteiger charge is 2.16. The number of carbonyl (C=O) groups excluding carboxylic acids is 1. The fourth-order valence-electron chi connectivity index (χ4n) is 1.48. The van der Waals surface area contributed by atoms with Crippen molar-refractivity contribution in [1.29, 1.82) is 0 Å². The third kappa shape index (κ3) is 2.89. The number of rotatable bonds is 2. The molecular formula is C13H6Cl2F3NO. The van der Waals surface area contributed by atoms with Crippen molar-refractivity contribution in [2.45, 2.75) is 0 Å². The first-order valence-corrected chi connectivity index (χ1v) is 6.05. The highest BCUT2D eigenvalue weighted by Crippen LogP contribution is 2.29. The average Bonchev–Trinajstić information content (AvgIpc) is 2.40. The van der Waals surface area contributed by atoms with Gasteiger partial charge in [-0.3, -0.25) is 4.79 Å². The van der Waals surface area contributed by atoms with Gasteiger partial charge in [0, 0.05) is 5.56 Å². The molecule has 2 rings (SSSR count). The smallest absolute Gasteiger partial charge is 0.255 e. The molecule has 0 spiro atoms. The van der Waals surface area contributed by atoms with Crippen LogP contribution < -0.4 is 5.32 Å². The minimum atomic E-state index is -1.64. The molecule has 0 aromatic heterocycles. The molecule has 104 valence electrons. The second-order valence-electron chi connectivity index (χ2n) is 3.81. The van der Waals surface area contributed by atoms with E-state index in [1.54, 1.807) is 0 Å². The summed E-state index contributed by atoms with van der Waals surface area (Å²) in [5, 5.41) is 2.63. The Bertz CT molecular complexity index is 668. The van der Waals surface area contributed by atoms with Crippen molar-refractivity contribution in [2.24, 2.45) is 0 Å². The molecule has 2 nitrogen and oxygen atoms in total. The van der Waals surface area contributed by atoms with Crippen molar-refractivity contribution in [3.63, 3.8) is 0 Å². The highest BCUT2D eigenvalue weighted by molar-refractivity contribution is 6.44. The van der Waals surface area contributed by atoms with Crippen molar-refractivity contribution in [3.05, 3.63) is 63.4 Å². The van der Waals surface area contributed by atoms with Crippen LogP contribution in [0.2, 0.25) is 10.0 Å². The summed E-state index contributed by atoms with van der Waals surface area (Å²) < 4.78 is 38.9. The molecule has 0 aliphatic heterocycles. The largest absolute Gasteiger partial charge is 0.321 e. The molecule has 0 heterocycles. The van der Waals surface area contributed by atoms with Crippen molar-refractivity contribution in [3.8, 4) is 0 Å². The number of halogens is 5. The van der Waals surface area contributed by atoms with Gasteiger partial charge in [0.2, 0.25) is 0 Å². The lowest BCUT2D eigenvalue weighted by atomic mass is 10.2. The summed E-state index contributed by atoms with van der Waals surface area (Å²) in [7, 11) is 0. The average molecular weight is 320 g/mol. The number of benzene rings is 2. The summed E-state index contributed by atoms with van der Waals surface area (Å²) in [6, 6.07) is 5.69. The van der Waals surface area contributed by atoms with E-state index in [4.69, 9.17) is 23.2 Å². The molecule has 0 bridgehead atoms. The third-order valence-corrected chi connectivity index (χ3v) is 3.26. The topological polar surface area (TPSA) is 29.1 Å². The minimum absolute atomic E-state index is 0.0885. The lowest BCUT2D eigenvalue weighted by Gasteiger charge is -2.08. The Morgan fingerprint density at radius 2 is 1.65 bits per heavy atom. The molecule has 1 amide bonds. The molecule has 0 saturated heterocycles. The number of anilines is 1. The van der Waals surface area contributed by atoms with Crippen LogP contribution in [0.4, 0.5) is 18.9 Å². The molecule has 0 aliphatic carbocycles. The highest BCUT2D eigenvalue weighted by atomic mass is 35.5. The monoisotopic (exact) mass is 319 g/mol. The third-order valence-electron chi connectivity index (χ3n) is 2.45. The van der Waals surface area contributed by atoms with E-state index in [1.807, 2.05) is 0 Å². The van der Waals surface area contributed by atoms with Gasteiger partial charge in [0.15, 0.2) is 17.5 Å². The van der Waals surface area contributed by atoms with Crippen LogP contribution in [-0.2, 0) is 0 Å². The van der Waals surface area contributed by atoms with Crippen LogP contribution in [0.5, 0.6) is 0 Å². The van der Waals surface area contributed by atoms with E-state index in [0.29, 0.717) is 12.1 Å². The Kier molecular flexibility index (Phi) is 4.20. The zero-order valence-corrected chi connectivity index (χ0v) is 11.2. The van der Waals surface area contributed by atoms with Gasteiger partial charge in [-0.15, -0.1) is 0 Å². The van der Waals surface area contributed by atoms with Crippen LogP contribution in [0.15, 0.2) is 30.3 Å². The van der Waals surface area contributed by atoms with E-state index in [1.165, 1.54) is 18.2 Å². The van der Waals surface area contributed by atoms with Gasteiger partial charge in [-0.25, -0.2) is 13.2 Å². The van der Waals surface area contributed by atoms with Crippen LogP contribution in [0.3, 0.4) is 0 Å². The van der Waals surface area contributed by atoms with E-state index in [9.17, 15) is 18.0 Å². The van der Waals surface area contributed by atoms with Gasteiger partial charge in [0.25, 0.3) is 5.91 Å². The molecule has 0 fully saturated rings. The molecule has 0 aliphatic rings. The Labute approximate surface area is 122 Å². The van der Waals surface area contributed by atoms with E-state index < -0.39 is 23.4 Å². The molecule has 7 heteroatoms. The summed E-state index contributed by atoms with van der Waals surface area (Å²) in [4.78, 5) is 11.8. The fourth-order valence-corrected chi connectivity index (χ4v) is 1.83. The second kappa shape index (κ2) is 5.73. The van der Waals surface area contributed by atoms with Gasteiger partial charge < -0.3 is 5.32 Å². The predicted molar refractivity (Wildman–Crippen MR) is 70.7 cm³/mol.